The zero-order valence-corrected chi connectivity index (χ0v) is 21.9. The molecule has 190 valence electrons. The Kier molecular flexibility index (Phi) is 8.98. The molecule has 1 aliphatic rings. The average molecular weight is 485 g/mol. The molecule has 4 rings (SSSR count). The SMILES string of the molecule is CCC(C)CC(CC(CC(C)C(=O)OCC1CO1)(c1ccccc1)c1ccccc1)c1ccccc1. The van der Waals surface area contributed by atoms with Gasteiger partial charge in [0, 0.05) is 5.41 Å². The second-order valence-corrected chi connectivity index (χ2v) is 10.6. The van der Waals surface area contributed by atoms with E-state index in [2.05, 4.69) is 105 Å². The summed E-state index contributed by atoms with van der Waals surface area (Å²) >= 11 is 0. The van der Waals surface area contributed by atoms with Gasteiger partial charge in [-0.25, -0.2) is 0 Å². The monoisotopic (exact) mass is 484 g/mol. The second kappa shape index (κ2) is 12.4. The van der Waals surface area contributed by atoms with Gasteiger partial charge in [0.15, 0.2) is 0 Å². The summed E-state index contributed by atoms with van der Waals surface area (Å²) in [6.45, 7) is 7.68. The Hall–Kier alpha value is -2.91. The molecule has 1 saturated heterocycles. The van der Waals surface area contributed by atoms with Crippen LogP contribution >= 0.6 is 0 Å². The number of benzene rings is 3. The fourth-order valence-corrected chi connectivity index (χ4v) is 5.46. The summed E-state index contributed by atoms with van der Waals surface area (Å²) in [5, 5.41) is 0. The molecular formula is C33H40O3. The van der Waals surface area contributed by atoms with Crippen LogP contribution in [-0.4, -0.2) is 25.3 Å². The standard InChI is InChI=1S/C33H40O3/c1-4-25(2)20-28(27-14-8-5-9-15-27)22-33(29-16-10-6-11-17-29,30-18-12-7-13-19-30)21-26(3)32(34)36-24-31-23-35-31/h5-19,25-26,28,31H,4,20-24H2,1-3H3. The maximum absolute atomic E-state index is 13.1. The maximum atomic E-state index is 13.1. The molecule has 0 N–H and O–H groups in total. The molecule has 0 saturated carbocycles. The van der Waals surface area contributed by atoms with Gasteiger partial charge in [0.05, 0.1) is 12.5 Å². The summed E-state index contributed by atoms with van der Waals surface area (Å²) in [6, 6.07) is 32.4. The third kappa shape index (κ3) is 6.64. The average Bonchev–Trinajstić information content (AvgIpc) is 3.77. The van der Waals surface area contributed by atoms with E-state index in [0.29, 0.717) is 31.5 Å². The van der Waals surface area contributed by atoms with Crippen molar-refractivity contribution in [1.29, 1.82) is 0 Å². The smallest absolute Gasteiger partial charge is 0.308 e. The number of rotatable bonds is 13. The Morgan fingerprint density at radius 1 is 0.889 bits per heavy atom. The van der Waals surface area contributed by atoms with Crippen LogP contribution in [-0.2, 0) is 19.7 Å². The number of epoxide rings is 1. The largest absolute Gasteiger partial charge is 0.463 e. The van der Waals surface area contributed by atoms with Gasteiger partial charge in [-0.05, 0) is 47.8 Å². The van der Waals surface area contributed by atoms with Crippen LogP contribution in [0.1, 0.15) is 69.1 Å². The van der Waals surface area contributed by atoms with Gasteiger partial charge in [0.1, 0.15) is 12.7 Å². The van der Waals surface area contributed by atoms with Gasteiger partial charge in [-0.3, -0.25) is 4.79 Å². The van der Waals surface area contributed by atoms with E-state index in [4.69, 9.17) is 9.47 Å². The van der Waals surface area contributed by atoms with Gasteiger partial charge in [-0.2, -0.15) is 0 Å². The first-order valence-corrected chi connectivity index (χ1v) is 13.5. The molecule has 3 aromatic rings. The lowest BCUT2D eigenvalue weighted by Gasteiger charge is -2.40. The number of hydrogen-bond acceptors (Lipinski definition) is 3. The van der Waals surface area contributed by atoms with Gasteiger partial charge in [0.25, 0.3) is 0 Å². The molecule has 0 amide bonds. The lowest BCUT2D eigenvalue weighted by molar-refractivity contribution is -0.149. The van der Waals surface area contributed by atoms with Gasteiger partial charge >= 0.3 is 5.97 Å². The normalized spacial score (nSPS) is 17.7. The second-order valence-electron chi connectivity index (χ2n) is 10.6. The van der Waals surface area contributed by atoms with Gasteiger partial charge < -0.3 is 9.47 Å². The van der Waals surface area contributed by atoms with E-state index in [0.717, 1.165) is 19.3 Å². The summed E-state index contributed by atoms with van der Waals surface area (Å²) < 4.78 is 10.9. The molecule has 36 heavy (non-hydrogen) atoms. The van der Waals surface area contributed by atoms with Crippen molar-refractivity contribution in [3.8, 4) is 0 Å². The Bertz CT molecular complexity index is 1020. The molecule has 0 aliphatic carbocycles. The van der Waals surface area contributed by atoms with Crippen LogP contribution in [0.3, 0.4) is 0 Å². The van der Waals surface area contributed by atoms with E-state index in [-0.39, 0.29) is 23.4 Å². The first-order valence-electron chi connectivity index (χ1n) is 13.5. The van der Waals surface area contributed by atoms with Gasteiger partial charge in [-0.1, -0.05) is 118 Å². The lowest BCUT2D eigenvalue weighted by Crippen LogP contribution is -2.35. The third-order valence-electron chi connectivity index (χ3n) is 7.77. The minimum absolute atomic E-state index is 0.0761. The topological polar surface area (TPSA) is 38.8 Å². The van der Waals surface area contributed by atoms with Crippen molar-refractivity contribution < 1.29 is 14.3 Å². The van der Waals surface area contributed by atoms with Crippen molar-refractivity contribution in [3.63, 3.8) is 0 Å². The summed E-state index contributed by atoms with van der Waals surface area (Å²) in [5.41, 5.74) is 3.55. The summed E-state index contributed by atoms with van der Waals surface area (Å²) in [5.74, 6) is 0.592. The van der Waals surface area contributed by atoms with E-state index < -0.39 is 0 Å². The fourth-order valence-electron chi connectivity index (χ4n) is 5.46. The molecule has 4 atom stereocenters. The van der Waals surface area contributed by atoms with Crippen LogP contribution in [0.5, 0.6) is 0 Å². The van der Waals surface area contributed by atoms with Crippen LogP contribution < -0.4 is 0 Å². The molecule has 1 heterocycles. The van der Waals surface area contributed by atoms with E-state index in [1.54, 1.807) is 0 Å². The van der Waals surface area contributed by atoms with Crippen molar-refractivity contribution in [2.24, 2.45) is 11.8 Å². The number of carbonyl (C=O) groups is 1. The van der Waals surface area contributed by atoms with Crippen LogP contribution in [0, 0.1) is 11.8 Å². The quantitative estimate of drug-likeness (QED) is 0.186. The Morgan fingerprint density at radius 3 is 1.92 bits per heavy atom. The van der Waals surface area contributed by atoms with Crippen LogP contribution in [0.15, 0.2) is 91.0 Å². The number of hydrogen-bond donors (Lipinski definition) is 0. The molecule has 4 unspecified atom stereocenters. The van der Waals surface area contributed by atoms with Crippen LogP contribution in [0.25, 0.3) is 0 Å². The van der Waals surface area contributed by atoms with E-state index in [1.165, 1.54) is 16.7 Å². The summed E-state index contributed by atoms with van der Waals surface area (Å²) in [6.07, 6.45) is 3.96. The molecule has 0 bridgehead atoms. The van der Waals surface area contributed by atoms with Gasteiger partial charge in [0.2, 0.25) is 0 Å². The third-order valence-corrected chi connectivity index (χ3v) is 7.77. The minimum atomic E-state index is -0.328. The molecule has 3 heteroatoms. The molecule has 1 fully saturated rings. The van der Waals surface area contributed by atoms with E-state index in [9.17, 15) is 4.79 Å². The highest BCUT2D eigenvalue weighted by molar-refractivity contribution is 5.72. The van der Waals surface area contributed by atoms with Gasteiger partial charge in [-0.15, -0.1) is 0 Å². The first kappa shape index (κ1) is 26.2. The highest BCUT2D eigenvalue weighted by Crippen LogP contribution is 2.47. The zero-order valence-electron chi connectivity index (χ0n) is 21.9. The predicted molar refractivity (Wildman–Crippen MR) is 146 cm³/mol. The zero-order chi connectivity index (χ0) is 25.4. The molecule has 0 radical (unpaired) electrons. The number of ether oxygens (including phenoxy) is 2. The Morgan fingerprint density at radius 2 is 1.42 bits per heavy atom. The number of carbonyl (C=O) groups excluding carboxylic acids is 1. The van der Waals surface area contributed by atoms with Crippen molar-refractivity contribution in [1.82, 2.24) is 0 Å². The predicted octanol–water partition coefficient (Wildman–Crippen LogP) is 7.55. The Labute approximate surface area is 216 Å². The minimum Gasteiger partial charge on any atom is -0.463 e. The van der Waals surface area contributed by atoms with Crippen LogP contribution in [0.4, 0.5) is 0 Å². The first-order chi connectivity index (χ1) is 17.5. The van der Waals surface area contributed by atoms with Crippen molar-refractivity contribution in [3.05, 3.63) is 108 Å². The highest BCUT2D eigenvalue weighted by atomic mass is 16.6. The molecule has 0 aromatic heterocycles. The molecule has 1 aliphatic heterocycles. The maximum Gasteiger partial charge on any atom is 0.308 e. The van der Waals surface area contributed by atoms with Crippen molar-refractivity contribution >= 4 is 5.97 Å². The van der Waals surface area contributed by atoms with E-state index >= 15 is 0 Å². The van der Waals surface area contributed by atoms with Crippen molar-refractivity contribution in [2.45, 2.75) is 63.9 Å². The fraction of sp³-hybridized carbons (Fsp3) is 0.424. The molecule has 3 nitrogen and oxygen atoms in total. The summed E-state index contributed by atoms with van der Waals surface area (Å²) in [7, 11) is 0. The lowest BCUT2D eigenvalue weighted by atomic mass is 9.63. The molecule has 3 aromatic carbocycles. The Balaban J connectivity index is 1.76. The molecule has 0 spiro atoms. The van der Waals surface area contributed by atoms with Crippen LogP contribution in [0.2, 0.25) is 0 Å². The van der Waals surface area contributed by atoms with E-state index in [1.807, 2.05) is 6.92 Å². The van der Waals surface area contributed by atoms with Crippen molar-refractivity contribution in [2.75, 3.05) is 13.2 Å². The summed E-state index contributed by atoms with van der Waals surface area (Å²) in [4.78, 5) is 13.1. The highest BCUT2D eigenvalue weighted by Gasteiger charge is 2.40. The number of esters is 1. The molecular weight excluding hydrogens is 444 g/mol.